The summed E-state index contributed by atoms with van der Waals surface area (Å²) in [5.74, 6) is 1.09. The second kappa shape index (κ2) is 8.39. The highest BCUT2D eigenvalue weighted by Crippen LogP contribution is 2.34. The molecule has 2 N–H and O–H groups in total. The summed E-state index contributed by atoms with van der Waals surface area (Å²) in [5.41, 5.74) is 2.98. The number of rotatable bonds is 6. The minimum atomic E-state index is -0.193. The van der Waals surface area contributed by atoms with E-state index in [-0.39, 0.29) is 17.8 Å². The molecule has 0 saturated heterocycles. The van der Waals surface area contributed by atoms with Crippen molar-refractivity contribution in [1.82, 2.24) is 5.32 Å². The SMILES string of the molecule is COc1cc2c(cc1OC)[C@H](CNC(C)=O)[NH+](Cc1ccccc1F)CC2. The summed E-state index contributed by atoms with van der Waals surface area (Å²) < 4.78 is 25.1. The number of methoxy groups -OCH3 is 2. The van der Waals surface area contributed by atoms with E-state index in [1.165, 1.54) is 23.5 Å². The summed E-state index contributed by atoms with van der Waals surface area (Å²) >= 11 is 0. The van der Waals surface area contributed by atoms with Crippen LogP contribution in [0.4, 0.5) is 4.39 Å². The van der Waals surface area contributed by atoms with E-state index in [9.17, 15) is 9.18 Å². The topological polar surface area (TPSA) is 52.0 Å². The molecule has 0 fully saturated rings. The molecule has 0 radical (unpaired) electrons. The molecular formula is C21H26FN2O3+. The lowest BCUT2D eigenvalue weighted by atomic mass is 9.91. The van der Waals surface area contributed by atoms with E-state index < -0.39 is 0 Å². The van der Waals surface area contributed by atoms with E-state index in [1.807, 2.05) is 24.3 Å². The third-order valence-electron chi connectivity index (χ3n) is 5.16. The van der Waals surface area contributed by atoms with Gasteiger partial charge >= 0.3 is 0 Å². The van der Waals surface area contributed by atoms with Gasteiger partial charge < -0.3 is 19.7 Å². The number of hydrogen-bond donors (Lipinski definition) is 2. The average molecular weight is 373 g/mol. The summed E-state index contributed by atoms with van der Waals surface area (Å²) in [7, 11) is 3.23. The maximum atomic E-state index is 14.2. The lowest BCUT2D eigenvalue weighted by Crippen LogP contribution is -3.12. The summed E-state index contributed by atoms with van der Waals surface area (Å²) in [4.78, 5) is 12.7. The Bertz CT molecular complexity index is 825. The van der Waals surface area contributed by atoms with E-state index in [1.54, 1.807) is 20.3 Å². The van der Waals surface area contributed by atoms with Gasteiger partial charge in [0.1, 0.15) is 18.4 Å². The monoisotopic (exact) mass is 373 g/mol. The number of ether oxygens (including phenoxy) is 2. The molecule has 0 aromatic heterocycles. The van der Waals surface area contributed by atoms with Crippen molar-refractivity contribution < 1.29 is 23.6 Å². The van der Waals surface area contributed by atoms with Crippen LogP contribution in [0.3, 0.4) is 0 Å². The first kappa shape index (κ1) is 19.2. The summed E-state index contributed by atoms with van der Waals surface area (Å²) in [5, 5.41) is 2.93. The van der Waals surface area contributed by atoms with Crippen molar-refractivity contribution in [2.75, 3.05) is 27.3 Å². The molecule has 5 nitrogen and oxygen atoms in total. The Kier molecular flexibility index (Phi) is 5.96. The second-order valence-corrected chi connectivity index (χ2v) is 6.82. The molecule has 2 atom stereocenters. The average Bonchev–Trinajstić information content (AvgIpc) is 2.67. The van der Waals surface area contributed by atoms with Gasteiger partial charge in [0.25, 0.3) is 0 Å². The smallest absolute Gasteiger partial charge is 0.217 e. The molecule has 2 aromatic rings. The molecule has 1 amide bonds. The number of fused-ring (bicyclic) bond motifs is 1. The van der Waals surface area contributed by atoms with Crippen molar-refractivity contribution in [3.8, 4) is 11.5 Å². The molecule has 144 valence electrons. The summed E-state index contributed by atoms with van der Waals surface area (Å²) in [6.07, 6.45) is 0.857. The molecule has 3 rings (SSSR count). The van der Waals surface area contributed by atoms with Gasteiger partial charge in [-0.25, -0.2) is 4.39 Å². The third kappa shape index (κ3) is 4.22. The van der Waals surface area contributed by atoms with Gasteiger partial charge in [0.15, 0.2) is 11.5 Å². The van der Waals surface area contributed by atoms with Crippen molar-refractivity contribution in [3.63, 3.8) is 0 Å². The standard InChI is InChI=1S/C21H25FN2O3/c1-14(25)23-12-19-17-11-21(27-3)20(26-2)10-15(17)8-9-24(19)13-16-6-4-5-7-18(16)22/h4-7,10-11,19H,8-9,12-13H2,1-3H3,(H,23,25)/p+1/t19-/m0/s1. The molecule has 1 aliphatic heterocycles. The van der Waals surface area contributed by atoms with Crippen LogP contribution in [0.15, 0.2) is 36.4 Å². The fourth-order valence-corrected chi connectivity index (χ4v) is 3.77. The van der Waals surface area contributed by atoms with Crippen molar-refractivity contribution in [3.05, 3.63) is 58.9 Å². The molecular weight excluding hydrogens is 347 g/mol. The van der Waals surface area contributed by atoms with Crippen LogP contribution in [0.25, 0.3) is 0 Å². The largest absolute Gasteiger partial charge is 0.493 e. The fraction of sp³-hybridized carbons (Fsp3) is 0.381. The quantitative estimate of drug-likeness (QED) is 0.810. The first-order chi connectivity index (χ1) is 13.0. The van der Waals surface area contributed by atoms with E-state index in [0.29, 0.717) is 30.2 Å². The number of amides is 1. The van der Waals surface area contributed by atoms with Crippen LogP contribution >= 0.6 is 0 Å². The molecule has 0 saturated carbocycles. The minimum absolute atomic E-state index is 0.0112. The highest BCUT2D eigenvalue weighted by Gasteiger charge is 2.33. The van der Waals surface area contributed by atoms with Crippen LogP contribution in [0, 0.1) is 5.82 Å². The number of nitrogens with one attached hydrogen (secondary N) is 2. The van der Waals surface area contributed by atoms with Gasteiger partial charge in [0, 0.05) is 24.5 Å². The number of quaternary nitrogens is 1. The third-order valence-corrected chi connectivity index (χ3v) is 5.16. The zero-order valence-corrected chi connectivity index (χ0v) is 16.0. The first-order valence-corrected chi connectivity index (χ1v) is 9.10. The van der Waals surface area contributed by atoms with Gasteiger partial charge in [-0.15, -0.1) is 0 Å². The van der Waals surface area contributed by atoms with Gasteiger partial charge in [-0.3, -0.25) is 4.79 Å². The molecule has 27 heavy (non-hydrogen) atoms. The number of carbonyl (C=O) groups excluding carboxylic acids is 1. The Morgan fingerprint density at radius 2 is 1.93 bits per heavy atom. The highest BCUT2D eigenvalue weighted by atomic mass is 19.1. The van der Waals surface area contributed by atoms with Crippen molar-refractivity contribution >= 4 is 5.91 Å². The Morgan fingerprint density at radius 1 is 1.22 bits per heavy atom. The molecule has 6 heteroatoms. The number of benzene rings is 2. The van der Waals surface area contributed by atoms with Crippen molar-refractivity contribution in [2.24, 2.45) is 0 Å². The Labute approximate surface area is 159 Å². The molecule has 0 spiro atoms. The van der Waals surface area contributed by atoms with Crippen molar-refractivity contribution in [2.45, 2.75) is 25.9 Å². The molecule has 2 aromatic carbocycles. The Hall–Kier alpha value is -2.60. The normalized spacial score (nSPS) is 18.5. The lowest BCUT2D eigenvalue weighted by molar-refractivity contribution is -0.946. The molecule has 0 bridgehead atoms. The van der Waals surface area contributed by atoms with Gasteiger partial charge in [0.05, 0.1) is 27.3 Å². The Balaban J connectivity index is 1.96. The van der Waals surface area contributed by atoms with Crippen LogP contribution in [0.1, 0.15) is 29.7 Å². The van der Waals surface area contributed by atoms with Crippen LogP contribution in [0.5, 0.6) is 11.5 Å². The van der Waals surface area contributed by atoms with Crippen LogP contribution in [0.2, 0.25) is 0 Å². The zero-order valence-electron chi connectivity index (χ0n) is 16.0. The molecule has 1 unspecified atom stereocenters. The first-order valence-electron chi connectivity index (χ1n) is 9.10. The van der Waals surface area contributed by atoms with E-state index in [4.69, 9.17) is 9.47 Å². The Morgan fingerprint density at radius 3 is 2.59 bits per heavy atom. The van der Waals surface area contributed by atoms with Gasteiger partial charge in [0.2, 0.25) is 5.91 Å². The van der Waals surface area contributed by atoms with E-state index >= 15 is 0 Å². The predicted molar refractivity (Wildman–Crippen MR) is 101 cm³/mol. The second-order valence-electron chi connectivity index (χ2n) is 6.82. The van der Waals surface area contributed by atoms with E-state index in [0.717, 1.165) is 18.5 Å². The molecule has 1 aliphatic rings. The predicted octanol–water partition coefficient (Wildman–Crippen LogP) is 1.66. The maximum absolute atomic E-state index is 14.2. The molecule has 0 aliphatic carbocycles. The van der Waals surface area contributed by atoms with E-state index in [2.05, 4.69) is 5.32 Å². The van der Waals surface area contributed by atoms with Crippen LogP contribution in [-0.4, -0.2) is 33.2 Å². The highest BCUT2D eigenvalue weighted by molar-refractivity contribution is 5.72. The van der Waals surface area contributed by atoms with Gasteiger partial charge in [-0.05, 0) is 23.8 Å². The zero-order chi connectivity index (χ0) is 19.4. The minimum Gasteiger partial charge on any atom is -0.493 e. The van der Waals surface area contributed by atoms with Crippen LogP contribution in [-0.2, 0) is 17.8 Å². The number of carbonyl (C=O) groups is 1. The van der Waals surface area contributed by atoms with Crippen LogP contribution < -0.4 is 19.7 Å². The summed E-state index contributed by atoms with van der Waals surface area (Å²) in [6, 6.07) is 10.9. The lowest BCUT2D eigenvalue weighted by Gasteiger charge is -2.35. The van der Waals surface area contributed by atoms with Crippen molar-refractivity contribution in [1.29, 1.82) is 0 Å². The molecule has 1 heterocycles. The maximum Gasteiger partial charge on any atom is 0.217 e. The fourth-order valence-electron chi connectivity index (χ4n) is 3.77. The van der Waals surface area contributed by atoms with Gasteiger partial charge in [-0.1, -0.05) is 18.2 Å². The number of hydrogen-bond acceptors (Lipinski definition) is 3. The summed E-state index contributed by atoms with van der Waals surface area (Å²) in [6.45, 7) is 3.41. The number of halogens is 1. The van der Waals surface area contributed by atoms with Gasteiger partial charge in [-0.2, -0.15) is 0 Å².